The van der Waals surface area contributed by atoms with Gasteiger partial charge in [0.05, 0.1) is 8.07 Å². The highest BCUT2D eigenvalue weighted by Gasteiger charge is 2.32. The van der Waals surface area contributed by atoms with E-state index in [0.717, 1.165) is 73.6 Å². The normalized spacial score (nSPS) is 11.5. The maximum atomic E-state index is 15.1. The van der Waals surface area contributed by atoms with Gasteiger partial charge in [0.15, 0.2) is 42.3 Å². The summed E-state index contributed by atoms with van der Waals surface area (Å²) in [6, 6.07) is 26.1. The van der Waals surface area contributed by atoms with Crippen molar-refractivity contribution in [2.45, 2.75) is 103 Å². The maximum Gasteiger partial charge on any atom is 0.194 e. The first kappa shape index (κ1) is 53.0. The number of benzene rings is 6. The van der Waals surface area contributed by atoms with Crippen LogP contribution in [0.15, 0.2) is 103 Å². The molecule has 0 aromatic heterocycles. The van der Waals surface area contributed by atoms with E-state index in [-0.39, 0.29) is 16.8 Å². The summed E-state index contributed by atoms with van der Waals surface area (Å²) in [6.07, 6.45) is 9.08. The average Bonchev–Trinajstić information content (AvgIpc) is 3.21. The first-order valence-corrected chi connectivity index (χ1v) is 29.1. The number of hydrogen-bond acceptors (Lipinski definition) is 0. The maximum absolute atomic E-state index is 15.1. The molecule has 6 aromatic rings. The quantitative estimate of drug-likeness (QED) is 0.0316. The van der Waals surface area contributed by atoms with Crippen LogP contribution in [0.3, 0.4) is 0 Å². The fourth-order valence-electron chi connectivity index (χ4n) is 7.50. The molecule has 0 bridgehead atoms. The Labute approximate surface area is 383 Å². The van der Waals surface area contributed by atoms with Gasteiger partial charge in [0.25, 0.3) is 0 Å². The second-order valence-electron chi connectivity index (χ2n) is 17.5. The minimum atomic E-state index is -2.83. The molecule has 0 aliphatic heterocycles. The molecule has 0 saturated carbocycles. The van der Waals surface area contributed by atoms with Crippen LogP contribution >= 0.6 is 11.1 Å². The van der Waals surface area contributed by atoms with E-state index in [1.165, 1.54) is 54.7 Å². The zero-order valence-electron chi connectivity index (χ0n) is 37.5. The smallest absolute Gasteiger partial charge is 0.194 e. The van der Waals surface area contributed by atoms with Crippen molar-refractivity contribution in [3.63, 3.8) is 0 Å². The van der Waals surface area contributed by atoms with Crippen molar-refractivity contribution >= 4 is 31.7 Å². The molecular weight excluding hydrogens is 906 g/mol. The summed E-state index contributed by atoms with van der Waals surface area (Å²) < 4.78 is 135. The van der Waals surface area contributed by atoms with Crippen molar-refractivity contribution in [3.05, 3.63) is 184 Å². The van der Waals surface area contributed by atoms with Gasteiger partial charge in [-0.15, -0.1) is 0 Å². The van der Waals surface area contributed by atoms with Gasteiger partial charge < -0.3 is 0 Å². The predicted molar refractivity (Wildman–Crippen MR) is 251 cm³/mol. The number of aryl methyl sites for hydroxylation is 2. The summed E-state index contributed by atoms with van der Waals surface area (Å²) in [4.78, 5) is 0. The van der Waals surface area contributed by atoms with Gasteiger partial charge in [0.2, 0.25) is 0 Å². The van der Waals surface area contributed by atoms with E-state index in [1.807, 2.05) is 61.6 Å². The Hall–Kier alpha value is -4.66. The highest BCUT2D eigenvalue weighted by Crippen LogP contribution is 2.27. The summed E-state index contributed by atoms with van der Waals surface area (Å²) in [7, 11) is -4.77. The zero-order valence-corrected chi connectivity index (χ0v) is 40.3. The van der Waals surface area contributed by atoms with E-state index in [9.17, 15) is 35.1 Å². The first-order chi connectivity index (χ1) is 30.6. The van der Waals surface area contributed by atoms with Gasteiger partial charge in [-0.05, 0) is 131 Å². The standard InChI is InChI=1S/C26H27F5Si.C17H18F2.C9H10ClF3Si/c1-4-5-6-7-17-8-10-19(11-9-17)20-14-23(29)26(24(30)15-20)32(2,3)16-18-12-21(27)25(31)22(28)13-18;1-2-3-4-5-13-6-8-14(9-7-13)15-10-16(18)12-17(19)11-15;1-14(2,10)5-6-3-7(11)9(13)8(12)4-6/h8-15H,4-7,16H2,1-3H3;6-12H,2-5H2,1H3;3-4H,5H2,1-2H3. The molecule has 0 spiro atoms. The van der Waals surface area contributed by atoms with Gasteiger partial charge in [0, 0.05) is 11.3 Å². The lowest BCUT2D eigenvalue weighted by Gasteiger charge is -2.25. The molecule has 0 radical (unpaired) electrons. The van der Waals surface area contributed by atoms with E-state index in [4.69, 9.17) is 11.1 Å². The van der Waals surface area contributed by atoms with E-state index in [1.54, 1.807) is 13.1 Å². The van der Waals surface area contributed by atoms with Crippen LogP contribution < -0.4 is 5.19 Å². The Morgan fingerprint density at radius 1 is 0.385 bits per heavy atom. The lowest BCUT2D eigenvalue weighted by Crippen LogP contribution is -2.48. The molecule has 0 unspecified atom stereocenters. The molecule has 0 aliphatic rings. The Bertz CT molecular complexity index is 2390. The molecule has 6 aromatic carbocycles. The molecule has 348 valence electrons. The molecule has 6 rings (SSSR count). The van der Waals surface area contributed by atoms with Crippen LogP contribution in [-0.4, -0.2) is 15.5 Å². The Morgan fingerprint density at radius 2 is 0.738 bits per heavy atom. The monoisotopic (exact) mass is 960 g/mol. The second-order valence-corrected chi connectivity index (χ2v) is 29.0. The van der Waals surface area contributed by atoms with Crippen LogP contribution in [0, 0.1) is 58.2 Å². The van der Waals surface area contributed by atoms with Crippen molar-refractivity contribution in [2.75, 3.05) is 0 Å². The third-order valence-corrected chi connectivity index (χ3v) is 15.4. The molecule has 0 amide bonds. The summed E-state index contributed by atoms with van der Waals surface area (Å²) in [5, 5.41) is -0.0393. The van der Waals surface area contributed by atoms with Gasteiger partial charge in [-0.3, -0.25) is 0 Å². The van der Waals surface area contributed by atoms with Crippen LogP contribution in [0.1, 0.15) is 74.6 Å². The van der Waals surface area contributed by atoms with Crippen molar-refractivity contribution < 1.29 is 43.9 Å². The summed E-state index contributed by atoms with van der Waals surface area (Å²) >= 11 is 6.01. The molecule has 65 heavy (non-hydrogen) atoms. The lowest BCUT2D eigenvalue weighted by atomic mass is 10.0. The highest BCUT2D eigenvalue weighted by atomic mass is 35.6. The Balaban J connectivity index is 0.000000237. The van der Waals surface area contributed by atoms with Crippen molar-refractivity contribution in [3.8, 4) is 22.3 Å². The van der Waals surface area contributed by atoms with Gasteiger partial charge in [-0.1, -0.05) is 114 Å². The van der Waals surface area contributed by atoms with Gasteiger partial charge in [-0.25, -0.2) is 43.9 Å². The lowest BCUT2D eigenvalue weighted by molar-refractivity contribution is 0.445. The summed E-state index contributed by atoms with van der Waals surface area (Å²) in [5.41, 5.74) is 5.63. The fraction of sp³-hybridized carbons (Fsp3) is 0.308. The van der Waals surface area contributed by atoms with E-state index >= 15 is 8.78 Å². The molecule has 0 nitrogen and oxygen atoms in total. The number of rotatable bonds is 15. The molecule has 0 saturated heterocycles. The molecule has 0 fully saturated rings. The van der Waals surface area contributed by atoms with Crippen LogP contribution in [0.2, 0.25) is 26.2 Å². The number of unbranched alkanes of at least 4 members (excludes halogenated alkanes) is 4. The van der Waals surface area contributed by atoms with Crippen molar-refractivity contribution in [2.24, 2.45) is 0 Å². The van der Waals surface area contributed by atoms with Crippen molar-refractivity contribution in [1.82, 2.24) is 0 Å². The molecule has 0 heterocycles. The van der Waals surface area contributed by atoms with E-state index < -0.39 is 73.6 Å². The fourth-order valence-corrected chi connectivity index (χ4v) is 12.0. The third-order valence-electron chi connectivity index (χ3n) is 10.7. The van der Waals surface area contributed by atoms with Crippen LogP contribution in [-0.2, 0) is 24.9 Å². The molecule has 0 N–H and O–H groups in total. The number of halogens is 11. The topological polar surface area (TPSA) is 0 Å². The van der Waals surface area contributed by atoms with Crippen LogP contribution in [0.25, 0.3) is 22.3 Å². The van der Waals surface area contributed by atoms with Gasteiger partial charge in [0.1, 0.15) is 23.3 Å². The minimum absolute atomic E-state index is 0.0393. The van der Waals surface area contributed by atoms with E-state index in [2.05, 4.69) is 13.8 Å². The molecular formula is C52H55ClF10Si2. The van der Waals surface area contributed by atoms with Crippen LogP contribution in [0.4, 0.5) is 43.9 Å². The average molecular weight is 962 g/mol. The van der Waals surface area contributed by atoms with E-state index in [0.29, 0.717) is 22.7 Å². The van der Waals surface area contributed by atoms with Crippen LogP contribution in [0.5, 0.6) is 0 Å². The molecule has 0 aliphatic carbocycles. The summed E-state index contributed by atoms with van der Waals surface area (Å²) in [6.45, 7) is 11.5. The molecule has 0 atom stereocenters. The Kier molecular flexibility index (Phi) is 19.7. The number of hydrogen-bond donors (Lipinski definition) is 0. The SMILES string of the molecule is CCCCCc1ccc(-c2cc(F)c([Si](C)(C)Cc3cc(F)c(F)c(F)c3)c(F)c2)cc1.CCCCCc1ccc(-c2cc(F)cc(F)c2)cc1.C[Si](C)(Cl)Cc1cc(F)c(F)c(F)c1. The second kappa shape index (κ2) is 24.2. The third kappa shape index (κ3) is 16.3. The van der Waals surface area contributed by atoms with Gasteiger partial charge >= 0.3 is 0 Å². The zero-order chi connectivity index (χ0) is 48.1. The molecule has 13 heteroatoms. The van der Waals surface area contributed by atoms with Gasteiger partial charge in [-0.2, -0.15) is 11.1 Å². The summed E-state index contributed by atoms with van der Waals surface area (Å²) in [5.74, 6) is -10.3. The highest BCUT2D eigenvalue weighted by molar-refractivity contribution is 7.18. The van der Waals surface area contributed by atoms with Crippen molar-refractivity contribution in [1.29, 1.82) is 0 Å². The Morgan fingerprint density at radius 3 is 1.09 bits per heavy atom. The first-order valence-electron chi connectivity index (χ1n) is 21.7. The minimum Gasteiger partial charge on any atom is -0.207 e. The predicted octanol–water partition coefficient (Wildman–Crippen LogP) is 16.5. The largest absolute Gasteiger partial charge is 0.207 e.